The normalized spacial score (nSPS) is 28.5. The van der Waals surface area contributed by atoms with Gasteiger partial charge < -0.3 is 9.47 Å². The van der Waals surface area contributed by atoms with Crippen LogP contribution in [-0.2, 0) is 11.3 Å². The lowest BCUT2D eigenvalue weighted by Gasteiger charge is -2.42. The van der Waals surface area contributed by atoms with Gasteiger partial charge in [-0.25, -0.2) is 0 Å². The van der Waals surface area contributed by atoms with E-state index in [-0.39, 0.29) is 11.5 Å². The van der Waals surface area contributed by atoms with Gasteiger partial charge in [-0.15, -0.1) is 0 Å². The van der Waals surface area contributed by atoms with E-state index in [1.54, 1.807) is 7.11 Å². The summed E-state index contributed by atoms with van der Waals surface area (Å²) in [5, 5.41) is 9.35. The van der Waals surface area contributed by atoms with E-state index in [0.717, 1.165) is 36.5 Å². The molecule has 0 radical (unpaired) electrons. The molecule has 0 unspecified atom stereocenters. The van der Waals surface area contributed by atoms with E-state index >= 15 is 0 Å². The van der Waals surface area contributed by atoms with Crippen molar-refractivity contribution in [1.82, 2.24) is 0 Å². The first kappa shape index (κ1) is 13.5. The van der Waals surface area contributed by atoms with E-state index in [9.17, 15) is 5.26 Å². The van der Waals surface area contributed by atoms with Gasteiger partial charge in [0.1, 0.15) is 5.75 Å². The largest absolute Gasteiger partial charge is 0.497 e. The summed E-state index contributed by atoms with van der Waals surface area (Å²) in [4.78, 5) is 0. The van der Waals surface area contributed by atoms with Crippen LogP contribution in [0.5, 0.6) is 5.75 Å². The van der Waals surface area contributed by atoms with Crippen molar-refractivity contribution in [2.75, 3.05) is 7.11 Å². The summed E-state index contributed by atoms with van der Waals surface area (Å²) in [7, 11) is 1.67. The van der Waals surface area contributed by atoms with Crippen LogP contribution in [0.1, 0.15) is 37.7 Å². The molecule has 0 spiro atoms. The van der Waals surface area contributed by atoms with Crippen LogP contribution in [0.25, 0.3) is 0 Å². The lowest BCUT2D eigenvalue weighted by Crippen LogP contribution is -2.41. The lowest BCUT2D eigenvalue weighted by atomic mass is 9.65. The molecule has 2 aliphatic rings. The summed E-state index contributed by atoms with van der Waals surface area (Å²) in [5.74, 6) is 1.68. The molecule has 2 saturated carbocycles. The third-order valence-electron chi connectivity index (χ3n) is 4.50. The zero-order chi connectivity index (χ0) is 14.0. The van der Waals surface area contributed by atoms with E-state index in [2.05, 4.69) is 6.07 Å². The van der Waals surface area contributed by atoms with Crippen LogP contribution in [0.3, 0.4) is 0 Å². The number of nitrogens with zero attached hydrogens (tertiary/aromatic N) is 1. The fourth-order valence-corrected chi connectivity index (χ4v) is 3.04. The van der Waals surface area contributed by atoms with Crippen molar-refractivity contribution in [3.63, 3.8) is 0 Å². The van der Waals surface area contributed by atoms with Crippen molar-refractivity contribution in [2.45, 2.75) is 44.8 Å². The van der Waals surface area contributed by atoms with Crippen molar-refractivity contribution in [3.8, 4) is 11.8 Å². The highest BCUT2D eigenvalue weighted by atomic mass is 16.5. The van der Waals surface area contributed by atoms with Gasteiger partial charge in [-0.05, 0) is 42.9 Å². The van der Waals surface area contributed by atoms with Crippen LogP contribution in [-0.4, -0.2) is 13.2 Å². The van der Waals surface area contributed by atoms with Gasteiger partial charge in [-0.3, -0.25) is 0 Å². The molecular formula is C17H21NO2. The predicted octanol–water partition coefficient (Wildman–Crippen LogP) is 3.68. The smallest absolute Gasteiger partial charge is 0.118 e. The topological polar surface area (TPSA) is 42.2 Å². The van der Waals surface area contributed by atoms with E-state index in [4.69, 9.17) is 9.47 Å². The van der Waals surface area contributed by atoms with Crippen LogP contribution < -0.4 is 4.74 Å². The van der Waals surface area contributed by atoms with Crippen LogP contribution >= 0.6 is 0 Å². The fourth-order valence-electron chi connectivity index (χ4n) is 3.04. The summed E-state index contributed by atoms with van der Waals surface area (Å²) in [5.41, 5.74) is 1.08. The average molecular weight is 271 g/mol. The first-order chi connectivity index (χ1) is 9.73. The van der Waals surface area contributed by atoms with Crippen molar-refractivity contribution in [3.05, 3.63) is 29.8 Å². The Kier molecular flexibility index (Phi) is 3.67. The summed E-state index contributed by atoms with van der Waals surface area (Å²) in [6, 6.07) is 10.5. The van der Waals surface area contributed by atoms with Gasteiger partial charge in [0.05, 0.1) is 31.3 Å². The monoisotopic (exact) mass is 271 g/mol. The molecule has 2 fully saturated rings. The molecule has 0 atom stereocenters. The molecule has 20 heavy (non-hydrogen) atoms. The van der Waals surface area contributed by atoms with Gasteiger partial charge in [-0.1, -0.05) is 25.0 Å². The van der Waals surface area contributed by atoms with Gasteiger partial charge in [0.25, 0.3) is 0 Å². The van der Waals surface area contributed by atoms with Gasteiger partial charge in [0.15, 0.2) is 0 Å². The van der Waals surface area contributed by atoms with Crippen molar-refractivity contribution >= 4 is 0 Å². The van der Waals surface area contributed by atoms with Crippen molar-refractivity contribution in [2.24, 2.45) is 11.3 Å². The SMILES string of the molecule is COc1ccc(COC2CC(C#N)(CC3CC3)C2)cc1. The molecule has 0 amide bonds. The highest BCUT2D eigenvalue weighted by molar-refractivity contribution is 5.26. The first-order valence-electron chi connectivity index (χ1n) is 7.39. The van der Waals surface area contributed by atoms with Crippen LogP contribution in [0.4, 0.5) is 0 Å². The van der Waals surface area contributed by atoms with Gasteiger partial charge in [-0.2, -0.15) is 5.26 Å². The van der Waals surface area contributed by atoms with Gasteiger partial charge in [0.2, 0.25) is 0 Å². The molecule has 1 aromatic carbocycles. The molecule has 0 heterocycles. The molecule has 1 aromatic rings. The number of nitriles is 1. The average Bonchev–Trinajstić information content (AvgIpc) is 3.25. The summed E-state index contributed by atoms with van der Waals surface area (Å²) < 4.78 is 11.0. The Morgan fingerprint density at radius 1 is 1.25 bits per heavy atom. The molecule has 2 aliphatic carbocycles. The van der Waals surface area contributed by atoms with Crippen molar-refractivity contribution < 1.29 is 9.47 Å². The molecule has 0 saturated heterocycles. The molecule has 3 nitrogen and oxygen atoms in total. The Balaban J connectivity index is 1.45. The quantitative estimate of drug-likeness (QED) is 0.792. The number of hydrogen-bond donors (Lipinski definition) is 0. The fraction of sp³-hybridized carbons (Fsp3) is 0.588. The second kappa shape index (κ2) is 5.46. The minimum Gasteiger partial charge on any atom is -0.497 e. The zero-order valence-electron chi connectivity index (χ0n) is 12.0. The molecule has 3 heteroatoms. The Bertz CT molecular complexity index is 493. The number of ether oxygens (including phenoxy) is 2. The molecule has 0 N–H and O–H groups in total. The Morgan fingerprint density at radius 2 is 1.95 bits per heavy atom. The zero-order valence-corrected chi connectivity index (χ0v) is 12.0. The molecule has 0 bridgehead atoms. The van der Waals surface area contributed by atoms with E-state index in [1.165, 1.54) is 12.8 Å². The highest BCUT2D eigenvalue weighted by Crippen LogP contribution is 2.51. The van der Waals surface area contributed by atoms with Gasteiger partial charge in [0, 0.05) is 0 Å². The molecule has 0 aromatic heterocycles. The molecular weight excluding hydrogens is 250 g/mol. The first-order valence-corrected chi connectivity index (χ1v) is 7.39. The van der Waals surface area contributed by atoms with E-state index in [1.807, 2.05) is 24.3 Å². The summed E-state index contributed by atoms with van der Waals surface area (Å²) in [6.45, 7) is 0.625. The molecule has 0 aliphatic heterocycles. The summed E-state index contributed by atoms with van der Waals surface area (Å²) >= 11 is 0. The number of methoxy groups -OCH3 is 1. The Morgan fingerprint density at radius 3 is 2.50 bits per heavy atom. The van der Waals surface area contributed by atoms with Crippen LogP contribution in [0, 0.1) is 22.7 Å². The highest BCUT2D eigenvalue weighted by Gasteiger charge is 2.48. The second-order valence-corrected chi connectivity index (χ2v) is 6.23. The third-order valence-corrected chi connectivity index (χ3v) is 4.50. The Labute approximate surface area is 120 Å². The maximum atomic E-state index is 9.35. The van der Waals surface area contributed by atoms with E-state index < -0.39 is 0 Å². The van der Waals surface area contributed by atoms with Crippen molar-refractivity contribution in [1.29, 1.82) is 5.26 Å². The maximum absolute atomic E-state index is 9.35. The van der Waals surface area contributed by atoms with Crippen LogP contribution in [0.2, 0.25) is 0 Å². The maximum Gasteiger partial charge on any atom is 0.118 e. The minimum absolute atomic E-state index is 0.0776. The third kappa shape index (κ3) is 2.96. The van der Waals surface area contributed by atoms with Crippen LogP contribution in [0.15, 0.2) is 24.3 Å². The predicted molar refractivity (Wildman–Crippen MR) is 76.2 cm³/mol. The summed E-state index contributed by atoms with van der Waals surface area (Å²) in [6.07, 6.45) is 5.82. The second-order valence-electron chi connectivity index (χ2n) is 6.23. The Hall–Kier alpha value is -1.53. The standard InChI is InChI=1S/C17H21NO2/c1-19-15-6-4-14(5-7-15)11-20-16-9-17(10-16,12-18)8-13-2-3-13/h4-7,13,16H,2-3,8-11H2,1H3. The number of hydrogen-bond acceptors (Lipinski definition) is 3. The molecule has 106 valence electrons. The lowest BCUT2D eigenvalue weighted by molar-refractivity contribution is -0.0700. The van der Waals surface area contributed by atoms with E-state index in [0.29, 0.717) is 6.61 Å². The number of benzene rings is 1. The number of rotatable bonds is 6. The minimum atomic E-state index is -0.0776. The van der Waals surface area contributed by atoms with Gasteiger partial charge >= 0.3 is 0 Å². The molecule has 3 rings (SSSR count).